The van der Waals surface area contributed by atoms with Crippen LogP contribution in [-0.4, -0.2) is 19.8 Å². The van der Waals surface area contributed by atoms with Gasteiger partial charge in [-0.3, -0.25) is 0 Å². The zero-order chi connectivity index (χ0) is 11.3. The molecule has 0 fully saturated rings. The second-order valence-corrected chi connectivity index (χ2v) is 3.01. The number of rotatable bonds is 5. The number of halogens is 3. The minimum Gasteiger partial charge on any atom is -0.462 e. The first-order valence-corrected chi connectivity index (χ1v) is 4.38. The van der Waals surface area contributed by atoms with Gasteiger partial charge < -0.3 is 14.5 Å². The molecule has 1 aromatic heterocycles. The number of ether oxygens (including phenoxy) is 1. The van der Waals surface area contributed by atoms with Gasteiger partial charge in [-0.2, -0.15) is 13.2 Å². The Labute approximate surface area is 85.2 Å². The Morgan fingerprint density at radius 2 is 2.00 bits per heavy atom. The number of alkyl halides is 3. The molecule has 0 saturated carbocycles. The molecule has 0 bridgehead atoms. The zero-order valence-electron chi connectivity index (χ0n) is 8.23. The van der Waals surface area contributed by atoms with Gasteiger partial charge in [0.15, 0.2) is 0 Å². The van der Waals surface area contributed by atoms with E-state index in [9.17, 15) is 13.2 Å². The molecule has 0 radical (unpaired) electrons. The minimum atomic E-state index is -4.29. The van der Waals surface area contributed by atoms with Crippen LogP contribution >= 0.6 is 0 Å². The number of furan rings is 1. The van der Waals surface area contributed by atoms with Gasteiger partial charge in [-0.05, 0) is 19.2 Å². The fourth-order valence-electron chi connectivity index (χ4n) is 1.04. The number of hydrogen-bond donors (Lipinski definition) is 1. The first-order valence-electron chi connectivity index (χ1n) is 4.38. The Balaban J connectivity index is 2.31. The lowest BCUT2D eigenvalue weighted by Crippen LogP contribution is -2.16. The molecule has 0 unspecified atom stereocenters. The summed E-state index contributed by atoms with van der Waals surface area (Å²) in [5.41, 5.74) is 0. The molecule has 0 spiro atoms. The summed E-state index contributed by atoms with van der Waals surface area (Å²) in [7, 11) is 1.75. The van der Waals surface area contributed by atoms with Crippen molar-refractivity contribution >= 4 is 0 Å². The van der Waals surface area contributed by atoms with Crippen molar-refractivity contribution in [2.24, 2.45) is 0 Å². The second kappa shape index (κ2) is 5.18. The van der Waals surface area contributed by atoms with Gasteiger partial charge in [0.1, 0.15) is 24.7 Å². The maximum Gasteiger partial charge on any atom is 0.411 e. The van der Waals surface area contributed by atoms with Crippen molar-refractivity contribution in [1.82, 2.24) is 5.32 Å². The van der Waals surface area contributed by atoms with Gasteiger partial charge in [0.05, 0.1) is 6.54 Å². The monoisotopic (exact) mass is 223 g/mol. The lowest BCUT2D eigenvalue weighted by atomic mass is 10.4. The highest BCUT2D eigenvalue weighted by Crippen LogP contribution is 2.16. The van der Waals surface area contributed by atoms with Crippen molar-refractivity contribution in [2.75, 3.05) is 13.7 Å². The Hall–Kier alpha value is -1.01. The van der Waals surface area contributed by atoms with E-state index in [0.717, 1.165) is 0 Å². The Morgan fingerprint density at radius 3 is 2.60 bits per heavy atom. The van der Waals surface area contributed by atoms with E-state index < -0.39 is 12.8 Å². The van der Waals surface area contributed by atoms with Crippen molar-refractivity contribution in [3.8, 4) is 0 Å². The van der Waals surface area contributed by atoms with Crippen molar-refractivity contribution < 1.29 is 22.3 Å². The average molecular weight is 223 g/mol. The van der Waals surface area contributed by atoms with E-state index in [1.165, 1.54) is 0 Å². The summed E-state index contributed by atoms with van der Waals surface area (Å²) in [6.45, 7) is -0.877. The molecule has 1 rings (SSSR count). The number of hydrogen-bond acceptors (Lipinski definition) is 3. The molecule has 0 aliphatic heterocycles. The highest BCUT2D eigenvalue weighted by Gasteiger charge is 2.27. The van der Waals surface area contributed by atoms with Crippen LogP contribution in [0.25, 0.3) is 0 Å². The molecule has 6 heteroatoms. The van der Waals surface area contributed by atoms with E-state index >= 15 is 0 Å². The van der Waals surface area contributed by atoms with E-state index in [2.05, 4.69) is 10.1 Å². The Morgan fingerprint density at radius 1 is 1.33 bits per heavy atom. The average Bonchev–Trinajstić information content (AvgIpc) is 2.51. The molecule has 0 aromatic carbocycles. The normalized spacial score (nSPS) is 12.0. The second-order valence-electron chi connectivity index (χ2n) is 3.01. The van der Waals surface area contributed by atoms with E-state index in [1.807, 2.05) is 0 Å². The van der Waals surface area contributed by atoms with Crippen molar-refractivity contribution in [1.29, 1.82) is 0 Å². The third-order valence-electron chi connectivity index (χ3n) is 1.58. The van der Waals surface area contributed by atoms with Crippen molar-refractivity contribution in [3.05, 3.63) is 23.7 Å². The first kappa shape index (κ1) is 12.1. The summed E-state index contributed by atoms with van der Waals surface area (Å²) in [4.78, 5) is 0. The standard InChI is InChI=1S/C9H12F3NO2/c1-13-4-7-2-3-8(15-7)5-14-6-9(10,11)12/h2-3,13H,4-6H2,1H3. The van der Waals surface area contributed by atoms with Crippen LogP contribution in [0.1, 0.15) is 11.5 Å². The summed E-state index contributed by atoms with van der Waals surface area (Å²) >= 11 is 0. The third-order valence-corrected chi connectivity index (χ3v) is 1.58. The SMILES string of the molecule is CNCc1ccc(COCC(F)(F)F)o1. The molecule has 3 nitrogen and oxygen atoms in total. The predicted octanol–water partition coefficient (Wildman–Crippen LogP) is 2.08. The zero-order valence-corrected chi connectivity index (χ0v) is 8.23. The minimum absolute atomic E-state index is 0.163. The molecule has 0 saturated heterocycles. The van der Waals surface area contributed by atoms with Gasteiger partial charge in [-0.25, -0.2) is 0 Å². The van der Waals surface area contributed by atoms with Crippen LogP contribution < -0.4 is 5.32 Å². The summed E-state index contributed by atoms with van der Waals surface area (Å²) < 4.78 is 44.8. The quantitative estimate of drug-likeness (QED) is 0.829. The van der Waals surface area contributed by atoms with Crippen LogP contribution in [0.3, 0.4) is 0 Å². The van der Waals surface area contributed by atoms with Crippen LogP contribution in [0.2, 0.25) is 0 Å². The highest BCUT2D eigenvalue weighted by molar-refractivity contribution is 5.06. The maximum atomic E-state index is 11.7. The van der Waals surface area contributed by atoms with Crippen LogP contribution in [0, 0.1) is 0 Å². The summed E-state index contributed by atoms with van der Waals surface area (Å²) in [5, 5.41) is 2.86. The number of nitrogens with one attached hydrogen (secondary N) is 1. The smallest absolute Gasteiger partial charge is 0.411 e. The third kappa shape index (κ3) is 4.85. The molecule has 0 aliphatic rings. The molecule has 1 heterocycles. The fourth-order valence-corrected chi connectivity index (χ4v) is 1.04. The van der Waals surface area contributed by atoms with Crippen molar-refractivity contribution in [3.63, 3.8) is 0 Å². The topological polar surface area (TPSA) is 34.4 Å². The summed E-state index contributed by atoms with van der Waals surface area (Å²) in [6.07, 6.45) is -4.29. The van der Waals surface area contributed by atoms with Gasteiger partial charge >= 0.3 is 6.18 Å². The van der Waals surface area contributed by atoms with Gasteiger partial charge in [0, 0.05) is 0 Å². The van der Waals surface area contributed by atoms with E-state index in [-0.39, 0.29) is 6.61 Å². The molecule has 1 aromatic rings. The van der Waals surface area contributed by atoms with Crippen LogP contribution in [-0.2, 0) is 17.9 Å². The van der Waals surface area contributed by atoms with Crippen molar-refractivity contribution in [2.45, 2.75) is 19.3 Å². The summed E-state index contributed by atoms with van der Waals surface area (Å²) in [5.74, 6) is 1.06. The van der Waals surface area contributed by atoms with Gasteiger partial charge in [0.25, 0.3) is 0 Å². The first-order chi connectivity index (χ1) is 7.01. The fraction of sp³-hybridized carbons (Fsp3) is 0.556. The van der Waals surface area contributed by atoms with E-state index in [0.29, 0.717) is 18.1 Å². The lowest BCUT2D eigenvalue weighted by molar-refractivity contribution is -0.177. The molecule has 0 atom stereocenters. The van der Waals surface area contributed by atoms with E-state index in [1.54, 1.807) is 19.2 Å². The lowest BCUT2D eigenvalue weighted by Gasteiger charge is -2.05. The molecule has 0 aliphatic carbocycles. The molecule has 1 N–H and O–H groups in total. The molecule has 86 valence electrons. The highest BCUT2D eigenvalue weighted by atomic mass is 19.4. The van der Waals surface area contributed by atoms with Crippen LogP contribution in [0.4, 0.5) is 13.2 Å². The van der Waals surface area contributed by atoms with Gasteiger partial charge in [-0.1, -0.05) is 0 Å². The largest absolute Gasteiger partial charge is 0.462 e. The molecular formula is C9H12F3NO2. The van der Waals surface area contributed by atoms with E-state index in [4.69, 9.17) is 4.42 Å². The molecule has 0 amide bonds. The Bertz CT molecular complexity index is 296. The van der Waals surface area contributed by atoms with Gasteiger partial charge in [-0.15, -0.1) is 0 Å². The molecular weight excluding hydrogens is 211 g/mol. The van der Waals surface area contributed by atoms with Crippen LogP contribution in [0.15, 0.2) is 16.5 Å². The van der Waals surface area contributed by atoms with Crippen LogP contribution in [0.5, 0.6) is 0 Å². The summed E-state index contributed by atoms with van der Waals surface area (Å²) in [6, 6.07) is 3.30. The maximum absolute atomic E-state index is 11.7. The molecule has 15 heavy (non-hydrogen) atoms. The predicted molar refractivity (Wildman–Crippen MR) is 47.2 cm³/mol. The van der Waals surface area contributed by atoms with Gasteiger partial charge in [0.2, 0.25) is 0 Å². The Kier molecular flexibility index (Phi) is 4.16.